The van der Waals surface area contributed by atoms with E-state index in [-0.39, 0.29) is 5.91 Å². The van der Waals surface area contributed by atoms with Gasteiger partial charge in [-0.15, -0.1) is 0 Å². The van der Waals surface area contributed by atoms with Gasteiger partial charge in [0.15, 0.2) is 0 Å². The van der Waals surface area contributed by atoms with Crippen molar-refractivity contribution >= 4 is 23.4 Å². The van der Waals surface area contributed by atoms with Gasteiger partial charge in [-0.3, -0.25) is 14.6 Å². The summed E-state index contributed by atoms with van der Waals surface area (Å²) in [5, 5.41) is 0.367. The first-order valence-electron chi connectivity index (χ1n) is 6.22. The second-order valence-corrected chi connectivity index (χ2v) is 4.99. The van der Waals surface area contributed by atoms with Crippen LogP contribution in [0.15, 0.2) is 42.7 Å². The van der Waals surface area contributed by atoms with Crippen LogP contribution in [0.25, 0.3) is 0 Å². The van der Waals surface area contributed by atoms with Crippen LogP contribution in [-0.2, 0) is 6.54 Å². The van der Waals surface area contributed by atoms with E-state index in [4.69, 9.17) is 17.3 Å². The Bertz CT molecular complexity index is 671. The lowest BCUT2D eigenvalue weighted by atomic mass is 10.1. The van der Waals surface area contributed by atoms with Gasteiger partial charge in [0.05, 0.1) is 10.6 Å². The molecule has 0 unspecified atom stereocenters. The van der Waals surface area contributed by atoms with Crippen LogP contribution in [-0.4, -0.2) is 28.7 Å². The highest BCUT2D eigenvalue weighted by molar-refractivity contribution is 6.33. The standard InChI is InChI=1S/C15H14ClN3O2/c1-19(15(21)12-8-18-7-6-13(12)16)9-10-2-4-11(5-3-10)14(17)20/h2-8H,9H2,1H3,(H2,17,20). The molecule has 0 fully saturated rings. The van der Waals surface area contributed by atoms with Crippen LogP contribution in [0.4, 0.5) is 0 Å². The summed E-state index contributed by atoms with van der Waals surface area (Å²) in [4.78, 5) is 28.7. The van der Waals surface area contributed by atoms with Crippen LogP contribution in [0.1, 0.15) is 26.3 Å². The second kappa shape index (κ2) is 6.37. The van der Waals surface area contributed by atoms with E-state index in [1.807, 2.05) is 0 Å². The van der Waals surface area contributed by atoms with Crippen molar-refractivity contribution in [3.05, 3.63) is 64.4 Å². The Morgan fingerprint density at radius 3 is 2.48 bits per heavy atom. The average molecular weight is 304 g/mol. The zero-order valence-electron chi connectivity index (χ0n) is 11.4. The lowest BCUT2D eigenvalue weighted by molar-refractivity contribution is 0.0784. The van der Waals surface area contributed by atoms with E-state index in [1.165, 1.54) is 17.3 Å². The molecule has 5 nitrogen and oxygen atoms in total. The van der Waals surface area contributed by atoms with Crippen LogP contribution >= 0.6 is 11.6 Å². The fraction of sp³-hybridized carbons (Fsp3) is 0.133. The Labute approximate surface area is 127 Å². The number of aromatic nitrogens is 1. The first-order valence-corrected chi connectivity index (χ1v) is 6.60. The summed E-state index contributed by atoms with van der Waals surface area (Å²) < 4.78 is 0. The Kier molecular flexibility index (Phi) is 4.55. The molecule has 6 heteroatoms. The number of hydrogen-bond acceptors (Lipinski definition) is 3. The van der Waals surface area contributed by atoms with E-state index in [9.17, 15) is 9.59 Å². The molecule has 0 saturated heterocycles. The van der Waals surface area contributed by atoms with Crippen molar-refractivity contribution in [2.75, 3.05) is 7.05 Å². The number of nitrogens with two attached hydrogens (primary N) is 1. The number of rotatable bonds is 4. The van der Waals surface area contributed by atoms with Crippen LogP contribution in [0.2, 0.25) is 5.02 Å². The SMILES string of the molecule is CN(Cc1ccc(C(N)=O)cc1)C(=O)c1cnccc1Cl. The van der Waals surface area contributed by atoms with Crippen molar-refractivity contribution in [1.82, 2.24) is 9.88 Å². The molecule has 0 radical (unpaired) electrons. The molecule has 0 bridgehead atoms. The van der Waals surface area contributed by atoms with Crippen molar-refractivity contribution in [3.8, 4) is 0 Å². The van der Waals surface area contributed by atoms with Gasteiger partial charge in [-0.05, 0) is 23.8 Å². The summed E-state index contributed by atoms with van der Waals surface area (Å²) in [6.45, 7) is 0.392. The van der Waals surface area contributed by atoms with E-state index < -0.39 is 5.91 Å². The Morgan fingerprint density at radius 1 is 1.24 bits per heavy atom. The zero-order valence-corrected chi connectivity index (χ0v) is 12.2. The average Bonchev–Trinajstić information content (AvgIpc) is 2.47. The number of amides is 2. The van der Waals surface area contributed by atoms with Crippen LogP contribution in [0.3, 0.4) is 0 Å². The smallest absolute Gasteiger partial charge is 0.256 e. The third-order valence-electron chi connectivity index (χ3n) is 3.00. The number of pyridine rings is 1. The largest absolute Gasteiger partial charge is 0.366 e. The lowest BCUT2D eigenvalue weighted by Gasteiger charge is -2.17. The number of benzene rings is 1. The van der Waals surface area contributed by atoms with Crippen molar-refractivity contribution in [2.45, 2.75) is 6.54 Å². The number of nitrogens with zero attached hydrogens (tertiary/aromatic N) is 2. The molecular formula is C15H14ClN3O2. The summed E-state index contributed by atoms with van der Waals surface area (Å²) in [6, 6.07) is 8.35. The van der Waals surface area contributed by atoms with E-state index in [0.29, 0.717) is 22.7 Å². The van der Waals surface area contributed by atoms with Gasteiger partial charge in [-0.2, -0.15) is 0 Å². The molecule has 0 saturated carbocycles. The third kappa shape index (κ3) is 3.58. The minimum Gasteiger partial charge on any atom is -0.366 e. The molecule has 21 heavy (non-hydrogen) atoms. The molecule has 0 atom stereocenters. The van der Waals surface area contributed by atoms with Crippen LogP contribution in [0, 0.1) is 0 Å². The number of carbonyl (C=O) groups is 2. The van der Waals surface area contributed by atoms with E-state index in [2.05, 4.69) is 4.98 Å². The van der Waals surface area contributed by atoms with Crippen LogP contribution in [0.5, 0.6) is 0 Å². The maximum Gasteiger partial charge on any atom is 0.256 e. The first kappa shape index (κ1) is 15.0. The monoisotopic (exact) mass is 303 g/mol. The summed E-state index contributed by atoms with van der Waals surface area (Å²) in [5.41, 5.74) is 6.86. The molecule has 1 heterocycles. The highest BCUT2D eigenvalue weighted by Gasteiger charge is 2.15. The molecule has 0 aliphatic rings. The van der Waals surface area contributed by atoms with E-state index >= 15 is 0 Å². The van der Waals surface area contributed by atoms with Gasteiger partial charge in [0.25, 0.3) is 5.91 Å². The maximum atomic E-state index is 12.3. The van der Waals surface area contributed by atoms with Gasteiger partial charge in [0.1, 0.15) is 0 Å². The molecule has 108 valence electrons. The van der Waals surface area contributed by atoms with Gasteiger partial charge in [-0.1, -0.05) is 23.7 Å². The molecule has 2 aromatic rings. The molecule has 0 aliphatic heterocycles. The van der Waals surface area contributed by atoms with Gasteiger partial charge >= 0.3 is 0 Å². The first-order chi connectivity index (χ1) is 9.99. The van der Waals surface area contributed by atoms with Gasteiger partial charge in [0.2, 0.25) is 5.91 Å². The molecule has 2 rings (SSSR count). The summed E-state index contributed by atoms with van der Waals surface area (Å²) in [6.07, 6.45) is 2.97. The Hall–Kier alpha value is -2.40. The molecule has 2 N–H and O–H groups in total. The van der Waals surface area contributed by atoms with Crippen LogP contribution < -0.4 is 5.73 Å². The van der Waals surface area contributed by atoms with Crippen molar-refractivity contribution in [1.29, 1.82) is 0 Å². The highest BCUT2D eigenvalue weighted by atomic mass is 35.5. The predicted octanol–water partition coefficient (Wildman–Crippen LogP) is 2.11. The summed E-state index contributed by atoms with van der Waals surface area (Å²) in [5.74, 6) is -0.694. The maximum absolute atomic E-state index is 12.3. The Morgan fingerprint density at radius 2 is 1.90 bits per heavy atom. The molecule has 1 aromatic heterocycles. The van der Waals surface area contributed by atoms with Gasteiger partial charge in [0, 0.05) is 31.5 Å². The molecule has 0 spiro atoms. The normalized spacial score (nSPS) is 10.2. The quantitative estimate of drug-likeness (QED) is 0.939. The summed E-state index contributed by atoms with van der Waals surface area (Å²) >= 11 is 5.98. The van der Waals surface area contributed by atoms with Gasteiger partial charge in [-0.25, -0.2) is 0 Å². The lowest BCUT2D eigenvalue weighted by Crippen LogP contribution is -2.26. The van der Waals surface area contributed by atoms with Crippen molar-refractivity contribution < 1.29 is 9.59 Å². The Balaban J connectivity index is 2.10. The highest BCUT2D eigenvalue weighted by Crippen LogP contribution is 2.16. The summed E-state index contributed by atoms with van der Waals surface area (Å²) in [7, 11) is 1.67. The predicted molar refractivity (Wildman–Crippen MR) is 80.0 cm³/mol. The fourth-order valence-electron chi connectivity index (χ4n) is 1.86. The van der Waals surface area contributed by atoms with Crippen molar-refractivity contribution in [3.63, 3.8) is 0 Å². The number of halogens is 1. The molecule has 0 aliphatic carbocycles. The molecule has 2 amide bonds. The number of hydrogen-bond donors (Lipinski definition) is 1. The zero-order chi connectivity index (χ0) is 15.4. The van der Waals surface area contributed by atoms with Gasteiger partial charge < -0.3 is 10.6 Å². The molecular weight excluding hydrogens is 290 g/mol. The van der Waals surface area contributed by atoms with E-state index in [1.54, 1.807) is 37.4 Å². The number of carbonyl (C=O) groups excluding carboxylic acids is 2. The second-order valence-electron chi connectivity index (χ2n) is 4.58. The topological polar surface area (TPSA) is 76.3 Å². The number of primary amides is 1. The fourth-order valence-corrected chi connectivity index (χ4v) is 2.05. The van der Waals surface area contributed by atoms with E-state index in [0.717, 1.165) is 5.56 Å². The third-order valence-corrected chi connectivity index (χ3v) is 3.33. The minimum absolute atomic E-state index is 0.216. The molecule has 1 aromatic carbocycles. The van der Waals surface area contributed by atoms with Crippen molar-refractivity contribution in [2.24, 2.45) is 5.73 Å². The minimum atomic E-state index is -0.479.